The third-order valence-electron chi connectivity index (χ3n) is 2.28. The van der Waals surface area contributed by atoms with Crippen molar-refractivity contribution in [3.63, 3.8) is 0 Å². The van der Waals surface area contributed by atoms with Crippen LogP contribution in [-0.2, 0) is 9.53 Å². The molecule has 1 atom stereocenters. The van der Waals surface area contributed by atoms with Crippen LogP contribution in [0.2, 0.25) is 0 Å². The van der Waals surface area contributed by atoms with Gasteiger partial charge in [-0.15, -0.1) is 0 Å². The van der Waals surface area contributed by atoms with Gasteiger partial charge in [-0.2, -0.15) is 0 Å². The molecule has 0 aromatic heterocycles. The average Bonchev–Trinajstić information content (AvgIpc) is 2.18. The maximum atomic E-state index is 10.9. The van der Waals surface area contributed by atoms with Crippen LogP contribution in [0.3, 0.4) is 0 Å². The number of likely N-dealkylation sites (N-methyl/N-ethyl adjacent to an activating group) is 1. The largest absolute Gasteiger partial charge is 0.497 e. The molecule has 84 valence electrons. The van der Waals surface area contributed by atoms with Crippen LogP contribution >= 0.6 is 0 Å². The third kappa shape index (κ3) is 2.50. The molecule has 0 fully saturated rings. The number of allylic oxidation sites excluding steroid dienone is 1. The number of carbonyl (C=O) groups is 1. The minimum absolute atomic E-state index is 0.0120. The standard InChI is InChI=1S/C10H15NO4/c1-11-6-7(3-4-12)9(15-2)5-8(11)10(13)14/h5-6,8,12H,3-4H2,1-2H3,(H,13,14). The number of rotatable bonds is 4. The lowest BCUT2D eigenvalue weighted by Crippen LogP contribution is -2.36. The number of hydrogen-bond acceptors (Lipinski definition) is 4. The van der Waals surface area contributed by atoms with E-state index in [4.69, 9.17) is 14.9 Å². The smallest absolute Gasteiger partial charge is 0.330 e. The molecule has 0 bridgehead atoms. The van der Waals surface area contributed by atoms with Crippen LogP contribution in [0, 0.1) is 0 Å². The molecule has 1 aliphatic heterocycles. The third-order valence-corrected chi connectivity index (χ3v) is 2.28. The lowest BCUT2D eigenvalue weighted by Gasteiger charge is -2.27. The Balaban J connectivity index is 2.91. The fourth-order valence-electron chi connectivity index (χ4n) is 1.51. The summed E-state index contributed by atoms with van der Waals surface area (Å²) >= 11 is 0. The van der Waals surface area contributed by atoms with Gasteiger partial charge in [-0.25, -0.2) is 4.79 Å². The molecule has 5 heteroatoms. The molecule has 15 heavy (non-hydrogen) atoms. The van der Waals surface area contributed by atoms with E-state index in [-0.39, 0.29) is 6.61 Å². The SMILES string of the molecule is COC1=CC(C(=O)O)N(C)C=C1CCO. The van der Waals surface area contributed by atoms with E-state index in [1.165, 1.54) is 13.2 Å². The van der Waals surface area contributed by atoms with E-state index in [0.29, 0.717) is 12.2 Å². The minimum atomic E-state index is -0.925. The van der Waals surface area contributed by atoms with Crippen LogP contribution < -0.4 is 0 Å². The molecule has 2 N–H and O–H groups in total. The Morgan fingerprint density at radius 1 is 1.67 bits per heavy atom. The van der Waals surface area contributed by atoms with Gasteiger partial charge in [0.05, 0.1) is 7.11 Å². The topological polar surface area (TPSA) is 70.0 Å². The highest BCUT2D eigenvalue weighted by atomic mass is 16.5. The summed E-state index contributed by atoms with van der Waals surface area (Å²) in [7, 11) is 3.17. The van der Waals surface area contributed by atoms with E-state index in [2.05, 4.69) is 0 Å². The summed E-state index contributed by atoms with van der Waals surface area (Å²) < 4.78 is 5.08. The zero-order valence-corrected chi connectivity index (χ0v) is 8.80. The van der Waals surface area contributed by atoms with Gasteiger partial charge >= 0.3 is 5.97 Å². The molecule has 0 aromatic carbocycles. The first-order valence-corrected chi connectivity index (χ1v) is 4.62. The lowest BCUT2D eigenvalue weighted by molar-refractivity contribution is -0.140. The first-order valence-electron chi connectivity index (χ1n) is 4.62. The van der Waals surface area contributed by atoms with Gasteiger partial charge in [0.1, 0.15) is 11.8 Å². The van der Waals surface area contributed by atoms with Crippen LogP contribution in [0.15, 0.2) is 23.6 Å². The second kappa shape index (κ2) is 4.84. The van der Waals surface area contributed by atoms with E-state index in [1.807, 2.05) is 0 Å². The molecule has 1 unspecified atom stereocenters. The van der Waals surface area contributed by atoms with Crippen molar-refractivity contribution in [2.24, 2.45) is 0 Å². The molecule has 0 amide bonds. The Kier molecular flexibility index (Phi) is 3.74. The van der Waals surface area contributed by atoms with Gasteiger partial charge in [-0.3, -0.25) is 0 Å². The summed E-state index contributed by atoms with van der Waals surface area (Å²) in [5, 5.41) is 17.8. The van der Waals surface area contributed by atoms with Crippen LogP contribution in [0.1, 0.15) is 6.42 Å². The predicted octanol–water partition coefficient (Wildman–Crippen LogP) is 0.182. The van der Waals surface area contributed by atoms with Crippen LogP contribution in [0.25, 0.3) is 0 Å². The Bertz CT molecular complexity index is 309. The highest BCUT2D eigenvalue weighted by Crippen LogP contribution is 2.22. The molecule has 1 aliphatic rings. The Morgan fingerprint density at radius 2 is 2.33 bits per heavy atom. The second-order valence-corrected chi connectivity index (χ2v) is 3.31. The van der Waals surface area contributed by atoms with Gasteiger partial charge < -0.3 is 19.8 Å². The number of hydrogen-bond donors (Lipinski definition) is 2. The maximum Gasteiger partial charge on any atom is 0.330 e. The molecule has 0 aliphatic carbocycles. The maximum absolute atomic E-state index is 10.9. The van der Waals surface area contributed by atoms with Crippen molar-refractivity contribution < 1.29 is 19.7 Å². The van der Waals surface area contributed by atoms with E-state index in [9.17, 15) is 4.79 Å². The van der Waals surface area contributed by atoms with E-state index < -0.39 is 12.0 Å². The van der Waals surface area contributed by atoms with Gasteiger partial charge in [0.2, 0.25) is 0 Å². The van der Waals surface area contributed by atoms with Crippen molar-refractivity contribution in [1.82, 2.24) is 4.90 Å². The molecule has 1 heterocycles. The zero-order valence-electron chi connectivity index (χ0n) is 8.80. The van der Waals surface area contributed by atoms with Gasteiger partial charge in [0.25, 0.3) is 0 Å². The number of carboxylic acid groups (broad SMARTS) is 1. The summed E-state index contributed by atoms with van der Waals surface area (Å²) in [4.78, 5) is 12.4. The van der Waals surface area contributed by atoms with E-state index in [0.717, 1.165) is 5.57 Å². The summed E-state index contributed by atoms with van der Waals surface area (Å²) in [5.41, 5.74) is 0.806. The molecular formula is C10H15NO4. The van der Waals surface area contributed by atoms with E-state index in [1.54, 1.807) is 18.1 Å². The van der Waals surface area contributed by atoms with Crippen molar-refractivity contribution in [2.45, 2.75) is 12.5 Å². The highest BCUT2D eigenvalue weighted by Gasteiger charge is 2.25. The quantitative estimate of drug-likeness (QED) is 0.697. The number of aliphatic carboxylic acids is 1. The Labute approximate surface area is 88.3 Å². The molecule has 1 rings (SSSR count). The van der Waals surface area contributed by atoms with Gasteiger partial charge in [-0.1, -0.05) is 0 Å². The average molecular weight is 213 g/mol. The number of aliphatic hydroxyl groups excluding tert-OH is 1. The van der Waals surface area contributed by atoms with Crippen LogP contribution in [-0.4, -0.2) is 47.9 Å². The number of aliphatic hydroxyl groups is 1. The van der Waals surface area contributed by atoms with Gasteiger partial charge in [-0.05, 0) is 6.08 Å². The first-order chi connectivity index (χ1) is 7.10. The second-order valence-electron chi connectivity index (χ2n) is 3.31. The first kappa shape index (κ1) is 11.6. The molecule has 0 aromatic rings. The molecule has 0 saturated carbocycles. The molecule has 5 nitrogen and oxygen atoms in total. The number of nitrogens with zero attached hydrogens (tertiary/aromatic N) is 1. The molecule has 0 saturated heterocycles. The van der Waals surface area contributed by atoms with Crippen molar-refractivity contribution in [2.75, 3.05) is 20.8 Å². The van der Waals surface area contributed by atoms with Crippen LogP contribution in [0.5, 0.6) is 0 Å². The van der Waals surface area contributed by atoms with Crippen LogP contribution in [0.4, 0.5) is 0 Å². The van der Waals surface area contributed by atoms with Gasteiger partial charge in [0.15, 0.2) is 0 Å². The lowest BCUT2D eigenvalue weighted by atomic mass is 10.1. The normalized spacial score (nSPS) is 20.7. The Hall–Kier alpha value is -1.49. The summed E-state index contributed by atoms with van der Waals surface area (Å²) in [6, 6.07) is -0.706. The fourth-order valence-corrected chi connectivity index (χ4v) is 1.51. The fraction of sp³-hybridized carbons (Fsp3) is 0.500. The zero-order chi connectivity index (χ0) is 11.4. The summed E-state index contributed by atoms with van der Waals surface area (Å²) in [6.45, 7) is 0.0120. The summed E-state index contributed by atoms with van der Waals surface area (Å²) in [5.74, 6) is -0.402. The minimum Gasteiger partial charge on any atom is -0.497 e. The van der Waals surface area contributed by atoms with Crippen molar-refractivity contribution in [3.05, 3.63) is 23.6 Å². The van der Waals surface area contributed by atoms with Crippen molar-refractivity contribution in [1.29, 1.82) is 0 Å². The summed E-state index contributed by atoms with van der Waals surface area (Å²) in [6.07, 6.45) is 3.68. The predicted molar refractivity (Wildman–Crippen MR) is 54.1 cm³/mol. The molecule has 0 radical (unpaired) electrons. The Morgan fingerprint density at radius 3 is 2.80 bits per heavy atom. The number of carboxylic acids is 1. The number of ether oxygens (including phenoxy) is 1. The van der Waals surface area contributed by atoms with Gasteiger partial charge in [0, 0.05) is 31.8 Å². The monoisotopic (exact) mass is 213 g/mol. The van der Waals surface area contributed by atoms with Crippen molar-refractivity contribution in [3.8, 4) is 0 Å². The number of methoxy groups -OCH3 is 1. The highest BCUT2D eigenvalue weighted by molar-refractivity contribution is 5.77. The molecule has 0 spiro atoms. The van der Waals surface area contributed by atoms with E-state index >= 15 is 0 Å². The van der Waals surface area contributed by atoms with Crippen molar-refractivity contribution >= 4 is 5.97 Å². The molecular weight excluding hydrogens is 198 g/mol.